The first-order valence-corrected chi connectivity index (χ1v) is 15.6. The maximum absolute atomic E-state index is 14.9. The van der Waals surface area contributed by atoms with E-state index >= 15 is 0 Å². The Morgan fingerprint density at radius 3 is 2.50 bits per heavy atom. The summed E-state index contributed by atoms with van der Waals surface area (Å²) in [7, 11) is 3.55. The topological polar surface area (TPSA) is 123 Å². The number of aliphatic imine (C=N–C) groups is 2. The van der Waals surface area contributed by atoms with Crippen LogP contribution in [0.2, 0.25) is 5.02 Å². The summed E-state index contributed by atoms with van der Waals surface area (Å²) in [5, 5.41) is 12.1. The van der Waals surface area contributed by atoms with E-state index in [0.29, 0.717) is 61.8 Å². The maximum atomic E-state index is 14.9. The molecule has 2 aromatic rings. The Hall–Kier alpha value is -4.26. The fourth-order valence-electron chi connectivity index (χ4n) is 4.89. The summed E-state index contributed by atoms with van der Waals surface area (Å²) in [4.78, 5) is 38.5. The van der Waals surface area contributed by atoms with Crippen molar-refractivity contribution in [1.82, 2.24) is 25.8 Å². The molecule has 2 heterocycles. The molecule has 1 fully saturated rings. The Morgan fingerprint density at radius 2 is 1.80 bits per heavy atom. The van der Waals surface area contributed by atoms with E-state index in [9.17, 15) is 14.0 Å². The number of aryl methyl sites for hydroxylation is 1. The van der Waals surface area contributed by atoms with Gasteiger partial charge in [0.2, 0.25) is 0 Å². The monoisotopic (exact) mass is 652 g/mol. The van der Waals surface area contributed by atoms with Gasteiger partial charge in [0.15, 0.2) is 17.4 Å². The number of amidine groups is 1. The van der Waals surface area contributed by atoms with Gasteiger partial charge in [0.1, 0.15) is 6.73 Å². The van der Waals surface area contributed by atoms with E-state index in [2.05, 4.69) is 31.3 Å². The van der Waals surface area contributed by atoms with Crippen LogP contribution in [0, 0.1) is 12.7 Å². The van der Waals surface area contributed by atoms with E-state index in [1.54, 1.807) is 47.4 Å². The van der Waals surface area contributed by atoms with Gasteiger partial charge < -0.3 is 30.5 Å². The number of carbonyl (C=O) groups excluding carboxylic acids is 2. The molecular weight excluding hydrogens is 611 g/mol. The third-order valence-corrected chi connectivity index (χ3v) is 8.16. The predicted molar refractivity (Wildman–Crippen MR) is 182 cm³/mol. The van der Waals surface area contributed by atoms with Crippen molar-refractivity contribution in [2.45, 2.75) is 33.2 Å². The van der Waals surface area contributed by atoms with Crippen molar-refractivity contribution in [2.75, 3.05) is 58.9 Å². The zero-order chi connectivity index (χ0) is 33.2. The number of hydrogen-bond acceptors (Lipinski definition) is 8. The number of nitrogens with zero attached hydrogens (tertiary/aromatic N) is 4. The van der Waals surface area contributed by atoms with E-state index in [1.165, 1.54) is 0 Å². The molecule has 0 radical (unpaired) electrons. The number of urea groups is 1. The molecule has 4 N–H and O–H groups in total. The van der Waals surface area contributed by atoms with Gasteiger partial charge in [-0.2, -0.15) is 0 Å². The van der Waals surface area contributed by atoms with Crippen molar-refractivity contribution < 1.29 is 18.7 Å². The molecule has 3 amide bonds. The number of halogens is 2. The van der Waals surface area contributed by atoms with Gasteiger partial charge in [-0.1, -0.05) is 17.7 Å². The zero-order valence-electron chi connectivity index (χ0n) is 26.9. The second-order valence-electron chi connectivity index (χ2n) is 11.1. The van der Waals surface area contributed by atoms with Crippen molar-refractivity contribution >= 4 is 46.3 Å². The lowest BCUT2D eigenvalue weighted by molar-refractivity contribution is 0.0664. The highest BCUT2D eigenvalue weighted by atomic mass is 35.5. The summed E-state index contributed by atoms with van der Waals surface area (Å²) in [6.45, 7) is 8.29. The molecule has 0 aromatic heterocycles. The van der Waals surface area contributed by atoms with E-state index in [0.717, 1.165) is 16.8 Å². The Kier molecular flexibility index (Phi) is 12.3. The molecule has 0 aliphatic carbocycles. The average Bonchev–Trinajstić information content (AvgIpc) is 3.14. The smallest absolute Gasteiger partial charge is 0.317 e. The number of likely N-dealkylation sites (N-methyl/N-ethyl adjacent to an activating group) is 1. The van der Waals surface area contributed by atoms with Gasteiger partial charge in [-0.3, -0.25) is 15.1 Å². The van der Waals surface area contributed by atoms with E-state index < -0.39 is 5.82 Å². The molecule has 13 heteroatoms. The van der Waals surface area contributed by atoms with Gasteiger partial charge in [0, 0.05) is 68.0 Å². The summed E-state index contributed by atoms with van der Waals surface area (Å²) in [5.74, 6) is -0.102. The minimum Gasteiger partial charge on any atom is -0.475 e. The number of nitrogens with one attached hydrogen (secondary N) is 4. The number of allylic oxidation sites excluding steroid dienone is 2. The first-order valence-electron chi connectivity index (χ1n) is 15.2. The molecule has 1 saturated heterocycles. The van der Waals surface area contributed by atoms with Crippen LogP contribution in [0.3, 0.4) is 0 Å². The molecule has 0 bridgehead atoms. The number of carbonyl (C=O) groups is 2. The molecule has 2 aliphatic heterocycles. The normalized spacial score (nSPS) is 17.8. The lowest BCUT2D eigenvalue weighted by Gasteiger charge is -2.35. The summed E-state index contributed by atoms with van der Waals surface area (Å²) >= 11 is 6.38. The van der Waals surface area contributed by atoms with Gasteiger partial charge in [0.05, 0.1) is 10.7 Å². The van der Waals surface area contributed by atoms with Crippen molar-refractivity contribution in [3.8, 4) is 5.75 Å². The molecule has 0 spiro atoms. The van der Waals surface area contributed by atoms with Crippen molar-refractivity contribution in [2.24, 2.45) is 9.98 Å². The first-order chi connectivity index (χ1) is 22.1. The number of hydrogen-bond donors (Lipinski definition) is 4. The number of rotatable bonds is 9. The largest absolute Gasteiger partial charge is 0.475 e. The molecule has 0 saturated carbocycles. The van der Waals surface area contributed by atoms with Crippen LogP contribution in [0.15, 0.2) is 58.8 Å². The Bertz CT molecular complexity index is 1550. The Morgan fingerprint density at radius 1 is 1.07 bits per heavy atom. The van der Waals surface area contributed by atoms with E-state index in [1.807, 2.05) is 46.0 Å². The quantitative estimate of drug-likeness (QED) is 0.293. The van der Waals surface area contributed by atoms with Crippen molar-refractivity contribution in [3.05, 3.63) is 76.3 Å². The van der Waals surface area contributed by atoms with Gasteiger partial charge in [-0.05, 0) is 82.8 Å². The van der Waals surface area contributed by atoms with Gasteiger partial charge in [0.25, 0.3) is 5.91 Å². The summed E-state index contributed by atoms with van der Waals surface area (Å²) in [6.07, 6.45) is 5.62. The number of amides is 3. The molecule has 2 aliphatic rings. The molecule has 1 atom stereocenters. The first kappa shape index (κ1) is 34.6. The van der Waals surface area contributed by atoms with Gasteiger partial charge >= 0.3 is 6.03 Å². The molecule has 0 unspecified atom stereocenters. The van der Waals surface area contributed by atoms with Crippen LogP contribution in [0.25, 0.3) is 5.57 Å². The minimum atomic E-state index is -0.629. The predicted octanol–water partition coefficient (Wildman–Crippen LogP) is 4.65. The van der Waals surface area contributed by atoms with E-state index in [-0.39, 0.29) is 35.5 Å². The standard InChI is InChI=1S/C33H42ClFN8O3/c1-21-17-25(8-9-26(21)32(44)42-13-15-43(16-14-42)33(45)40-18-22(2)37-5)41-31-23(3)39-19-24(7-6-12-38-31)27-10-11-28(46-20-36-4)30(35)29(27)34/h6,8-12,17,19,22,36-37H,7,13-16,18,20H2,1-5H3,(H,38,41)(H,40,45)/b12-6-,24-19+,39-23?/t22-/m0/s1. The van der Waals surface area contributed by atoms with Gasteiger partial charge in [-0.15, -0.1) is 0 Å². The third kappa shape index (κ3) is 8.71. The second kappa shape index (κ2) is 16.3. The van der Waals surface area contributed by atoms with Crippen LogP contribution in [0.4, 0.5) is 14.9 Å². The van der Waals surface area contributed by atoms with Crippen LogP contribution >= 0.6 is 11.6 Å². The lowest BCUT2D eigenvalue weighted by Crippen LogP contribution is -2.54. The number of piperazine rings is 1. The van der Waals surface area contributed by atoms with Crippen LogP contribution in [0.1, 0.15) is 41.8 Å². The number of anilines is 1. The fraction of sp³-hybridized carbons (Fsp3) is 0.394. The highest BCUT2D eigenvalue weighted by Crippen LogP contribution is 2.34. The molecule has 2 aromatic carbocycles. The Balaban J connectivity index is 1.41. The number of ether oxygens (including phenoxy) is 1. The minimum absolute atomic E-state index is 0.0352. The van der Waals surface area contributed by atoms with Crippen LogP contribution in [0.5, 0.6) is 5.75 Å². The van der Waals surface area contributed by atoms with Crippen LogP contribution in [-0.4, -0.2) is 92.9 Å². The van der Waals surface area contributed by atoms with Gasteiger partial charge in [-0.25, -0.2) is 14.2 Å². The maximum Gasteiger partial charge on any atom is 0.317 e. The second-order valence-corrected chi connectivity index (χ2v) is 11.5. The van der Waals surface area contributed by atoms with Crippen molar-refractivity contribution in [1.29, 1.82) is 0 Å². The fourth-order valence-corrected chi connectivity index (χ4v) is 5.17. The molecular formula is C33H42ClFN8O3. The third-order valence-electron chi connectivity index (χ3n) is 7.79. The van der Waals surface area contributed by atoms with Crippen molar-refractivity contribution in [3.63, 3.8) is 0 Å². The summed E-state index contributed by atoms with van der Waals surface area (Å²) < 4.78 is 20.2. The summed E-state index contributed by atoms with van der Waals surface area (Å²) in [6, 6.07) is 8.86. The number of benzene rings is 2. The van der Waals surface area contributed by atoms with E-state index in [4.69, 9.17) is 16.3 Å². The highest BCUT2D eigenvalue weighted by molar-refractivity contribution is 6.45. The molecule has 246 valence electrons. The summed E-state index contributed by atoms with van der Waals surface area (Å²) in [5.41, 5.74) is 4.01. The SMILES string of the molecule is CNCOc1ccc(/C2=C/N=C(C)C(Nc3ccc(C(=O)N4CCN(C(=O)NC[C@H](C)NC)CC4)c(C)c3)=N/C=C\C2)c(Cl)c1F. The average molecular weight is 653 g/mol. The Labute approximate surface area is 274 Å². The zero-order valence-corrected chi connectivity index (χ0v) is 27.7. The molecule has 4 rings (SSSR count). The molecule has 46 heavy (non-hydrogen) atoms. The highest BCUT2D eigenvalue weighted by Gasteiger charge is 2.26. The van der Waals surface area contributed by atoms with Crippen LogP contribution in [-0.2, 0) is 0 Å². The lowest BCUT2D eigenvalue weighted by atomic mass is 10.0. The molecule has 11 nitrogen and oxygen atoms in total. The van der Waals surface area contributed by atoms with Crippen LogP contribution < -0.4 is 26.0 Å².